The van der Waals surface area contributed by atoms with Gasteiger partial charge in [0.2, 0.25) is 0 Å². The summed E-state index contributed by atoms with van der Waals surface area (Å²) in [5.41, 5.74) is 5.42. The van der Waals surface area contributed by atoms with E-state index in [9.17, 15) is 4.79 Å². The van der Waals surface area contributed by atoms with E-state index < -0.39 is 0 Å². The Balaban J connectivity index is 2.63. The average molecular weight is 225 g/mol. The van der Waals surface area contributed by atoms with Gasteiger partial charge in [0.15, 0.2) is 0 Å². The van der Waals surface area contributed by atoms with E-state index in [2.05, 4.69) is 12.0 Å². The molecule has 90 valence electrons. The van der Waals surface area contributed by atoms with E-state index in [1.807, 2.05) is 6.92 Å². The molecule has 5 nitrogen and oxygen atoms in total. The van der Waals surface area contributed by atoms with Crippen molar-refractivity contribution in [3.63, 3.8) is 0 Å². The Bertz CT molecular complexity index is 374. The molecule has 1 aromatic rings. The standard InChI is InChI=1S/C11H19N3O2/c1-3-4-5-14-11(15)6-10(7-13-14)16-8-9(2)12/h6-7,9H,3-5,8,12H2,1-2H3. The first-order valence-corrected chi connectivity index (χ1v) is 5.59. The van der Waals surface area contributed by atoms with Crippen molar-refractivity contribution in [1.29, 1.82) is 0 Å². The quantitative estimate of drug-likeness (QED) is 0.776. The van der Waals surface area contributed by atoms with Crippen LogP contribution in [0.3, 0.4) is 0 Å². The molecule has 0 aliphatic carbocycles. The third kappa shape index (κ3) is 4.02. The maximum atomic E-state index is 11.6. The van der Waals surface area contributed by atoms with Gasteiger partial charge in [-0.05, 0) is 13.3 Å². The van der Waals surface area contributed by atoms with Crippen molar-refractivity contribution in [2.24, 2.45) is 5.73 Å². The summed E-state index contributed by atoms with van der Waals surface area (Å²) in [5, 5.41) is 4.03. The van der Waals surface area contributed by atoms with Gasteiger partial charge in [-0.1, -0.05) is 13.3 Å². The number of hydrogen-bond acceptors (Lipinski definition) is 4. The van der Waals surface area contributed by atoms with Crippen molar-refractivity contribution in [3.8, 4) is 5.75 Å². The summed E-state index contributed by atoms with van der Waals surface area (Å²) >= 11 is 0. The molecule has 1 atom stereocenters. The van der Waals surface area contributed by atoms with Gasteiger partial charge >= 0.3 is 0 Å². The second-order valence-corrected chi connectivity index (χ2v) is 3.89. The molecule has 0 bridgehead atoms. The fraction of sp³-hybridized carbons (Fsp3) is 0.636. The molecular formula is C11H19N3O2. The van der Waals surface area contributed by atoms with Crippen molar-refractivity contribution >= 4 is 0 Å². The highest BCUT2D eigenvalue weighted by atomic mass is 16.5. The van der Waals surface area contributed by atoms with Crippen LogP contribution in [0.4, 0.5) is 0 Å². The topological polar surface area (TPSA) is 70.1 Å². The Morgan fingerprint density at radius 2 is 2.38 bits per heavy atom. The molecule has 0 amide bonds. The van der Waals surface area contributed by atoms with Gasteiger partial charge in [-0.3, -0.25) is 4.79 Å². The molecule has 1 rings (SSSR count). The van der Waals surface area contributed by atoms with Crippen LogP contribution in [0.2, 0.25) is 0 Å². The van der Waals surface area contributed by atoms with Crippen molar-refractivity contribution in [3.05, 3.63) is 22.6 Å². The zero-order valence-corrected chi connectivity index (χ0v) is 9.85. The van der Waals surface area contributed by atoms with Gasteiger partial charge in [-0.2, -0.15) is 5.10 Å². The third-order valence-corrected chi connectivity index (χ3v) is 2.08. The Morgan fingerprint density at radius 3 is 2.94 bits per heavy atom. The lowest BCUT2D eigenvalue weighted by molar-refractivity contribution is 0.292. The van der Waals surface area contributed by atoms with Gasteiger partial charge in [0.1, 0.15) is 12.4 Å². The van der Waals surface area contributed by atoms with Gasteiger partial charge in [0.25, 0.3) is 5.56 Å². The molecule has 0 fully saturated rings. The number of aromatic nitrogens is 2. The van der Waals surface area contributed by atoms with E-state index in [0.29, 0.717) is 18.9 Å². The van der Waals surface area contributed by atoms with Crippen LogP contribution >= 0.6 is 0 Å². The van der Waals surface area contributed by atoms with Crippen LogP contribution in [0.25, 0.3) is 0 Å². The first kappa shape index (κ1) is 12.7. The molecule has 0 saturated carbocycles. The monoisotopic (exact) mass is 225 g/mol. The summed E-state index contributed by atoms with van der Waals surface area (Å²) in [6.07, 6.45) is 3.55. The van der Waals surface area contributed by atoms with Gasteiger partial charge in [0.05, 0.1) is 6.20 Å². The molecule has 1 aromatic heterocycles. The maximum Gasteiger partial charge on any atom is 0.270 e. The number of nitrogens with zero attached hydrogens (tertiary/aromatic N) is 2. The van der Waals surface area contributed by atoms with Crippen molar-refractivity contribution in [2.75, 3.05) is 6.61 Å². The molecule has 0 radical (unpaired) electrons. The Labute approximate surface area is 95.2 Å². The molecule has 0 aliphatic rings. The minimum atomic E-state index is -0.129. The van der Waals surface area contributed by atoms with E-state index in [0.717, 1.165) is 12.8 Å². The largest absolute Gasteiger partial charge is 0.490 e. The van der Waals surface area contributed by atoms with E-state index in [1.54, 1.807) is 6.20 Å². The zero-order valence-electron chi connectivity index (χ0n) is 9.85. The van der Waals surface area contributed by atoms with Crippen LogP contribution in [0.15, 0.2) is 17.1 Å². The fourth-order valence-electron chi connectivity index (χ4n) is 1.20. The molecule has 2 N–H and O–H groups in total. The first-order chi connectivity index (χ1) is 7.63. The molecule has 1 heterocycles. The number of unbranched alkanes of at least 4 members (excludes halogenated alkanes) is 1. The molecule has 0 aliphatic heterocycles. The summed E-state index contributed by atoms with van der Waals surface area (Å²) in [7, 11) is 0. The van der Waals surface area contributed by atoms with Crippen LogP contribution in [0, 0.1) is 0 Å². The summed E-state index contributed by atoms with van der Waals surface area (Å²) < 4.78 is 6.75. The summed E-state index contributed by atoms with van der Waals surface area (Å²) in [5.74, 6) is 0.482. The molecular weight excluding hydrogens is 206 g/mol. The zero-order chi connectivity index (χ0) is 12.0. The van der Waals surface area contributed by atoms with Crippen molar-refractivity contribution in [2.45, 2.75) is 39.3 Å². The molecule has 0 spiro atoms. The van der Waals surface area contributed by atoms with Crippen LogP contribution < -0.4 is 16.0 Å². The van der Waals surface area contributed by atoms with Crippen LogP contribution in [-0.2, 0) is 6.54 Å². The molecule has 1 unspecified atom stereocenters. The number of hydrogen-bond donors (Lipinski definition) is 1. The van der Waals surface area contributed by atoms with Crippen molar-refractivity contribution in [1.82, 2.24) is 9.78 Å². The Morgan fingerprint density at radius 1 is 1.62 bits per heavy atom. The molecule has 0 saturated heterocycles. The predicted molar refractivity (Wildman–Crippen MR) is 62.5 cm³/mol. The van der Waals surface area contributed by atoms with E-state index in [4.69, 9.17) is 10.5 Å². The third-order valence-electron chi connectivity index (χ3n) is 2.08. The number of aryl methyl sites for hydroxylation is 1. The van der Waals surface area contributed by atoms with Gasteiger partial charge in [-0.25, -0.2) is 4.68 Å². The Hall–Kier alpha value is -1.36. The first-order valence-electron chi connectivity index (χ1n) is 5.59. The van der Waals surface area contributed by atoms with Gasteiger partial charge < -0.3 is 10.5 Å². The SMILES string of the molecule is CCCCn1ncc(OCC(C)N)cc1=O. The minimum absolute atomic E-state index is 0.0532. The molecule has 16 heavy (non-hydrogen) atoms. The lowest BCUT2D eigenvalue weighted by Gasteiger charge is -2.09. The Kier molecular flexibility index (Phi) is 4.98. The maximum absolute atomic E-state index is 11.6. The lowest BCUT2D eigenvalue weighted by atomic mass is 10.3. The van der Waals surface area contributed by atoms with E-state index in [-0.39, 0.29) is 11.6 Å². The van der Waals surface area contributed by atoms with Gasteiger partial charge in [0, 0.05) is 18.7 Å². The highest BCUT2D eigenvalue weighted by molar-refractivity contribution is 5.13. The normalized spacial score (nSPS) is 12.4. The van der Waals surface area contributed by atoms with Gasteiger partial charge in [-0.15, -0.1) is 0 Å². The average Bonchev–Trinajstić information content (AvgIpc) is 2.25. The van der Waals surface area contributed by atoms with E-state index >= 15 is 0 Å². The predicted octanol–water partition coefficient (Wildman–Crippen LogP) is 0.769. The summed E-state index contributed by atoms with van der Waals surface area (Å²) in [4.78, 5) is 11.6. The number of nitrogens with two attached hydrogens (primary N) is 1. The van der Waals surface area contributed by atoms with Crippen LogP contribution in [0.1, 0.15) is 26.7 Å². The van der Waals surface area contributed by atoms with Crippen LogP contribution in [-0.4, -0.2) is 22.4 Å². The summed E-state index contributed by atoms with van der Waals surface area (Å²) in [6, 6.07) is 1.40. The smallest absolute Gasteiger partial charge is 0.270 e. The number of ether oxygens (including phenoxy) is 1. The second kappa shape index (κ2) is 6.27. The molecule has 5 heteroatoms. The fourth-order valence-corrected chi connectivity index (χ4v) is 1.20. The summed E-state index contributed by atoms with van der Waals surface area (Å²) in [6.45, 7) is 4.96. The lowest BCUT2D eigenvalue weighted by Crippen LogP contribution is -2.26. The highest BCUT2D eigenvalue weighted by Crippen LogP contribution is 2.03. The molecule has 0 aromatic carbocycles. The second-order valence-electron chi connectivity index (χ2n) is 3.89. The minimum Gasteiger partial charge on any atom is -0.490 e. The van der Waals surface area contributed by atoms with E-state index in [1.165, 1.54) is 10.7 Å². The highest BCUT2D eigenvalue weighted by Gasteiger charge is 2.01. The van der Waals surface area contributed by atoms with Crippen molar-refractivity contribution < 1.29 is 4.74 Å². The number of rotatable bonds is 6. The van der Waals surface area contributed by atoms with Crippen LogP contribution in [0.5, 0.6) is 5.75 Å².